The number of carbonyl (C=O) groups excluding carboxylic acids is 1. The molecule has 1 aromatic carbocycles. The molecule has 2 aromatic rings. The molecular formula is C19H21F3N2O2. The average molecular weight is 366 g/mol. The molecule has 1 heterocycles. The van der Waals surface area contributed by atoms with Crippen LogP contribution in [0.4, 0.5) is 13.2 Å². The lowest BCUT2D eigenvalue weighted by atomic mass is 10.0. The molecule has 0 radical (unpaired) electrons. The summed E-state index contributed by atoms with van der Waals surface area (Å²) < 4.78 is 41.4. The molecule has 1 N–H and O–H groups in total. The first-order valence-corrected chi connectivity index (χ1v) is 8.21. The molecule has 2 rings (SSSR count). The third-order valence-corrected chi connectivity index (χ3v) is 3.82. The lowest BCUT2D eigenvalue weighted by Crippen LogP contribution is -2.26. The first-order valence-electron chi connectivity index (χ1n) is 8.21. The topological polar surface area (TPSA) is 51.2 Å². The van der Waals surface area contributed by atoms with Crippen molar-refractivity contribution in [3.8, 4) is 5.75 Å². The Labute approximate surface area is 150 Å². The summed E-state index contributed by atoms with van der Waals surface area (Å²) in [6, 6.07) is 8.30. The van der Waals surface area contributed by atoms with E-state index in [0.717, 1.165) is 5.56 Å². The number of ether oxygens (including phenoxy) is 1. The quantitative estimate of drug-likeness (QED) is 0.810. The van der Waals surface area contributed by atoms with Crippen molar-refractivity contribution < 1.29 is 22.7 Å². The predicted octanol–water partition coefficient (Wildman–Crippen LogP) is 4.64. The Kier molecular flexibility index (Phi) is 6.23. The Hall–Kier alpha value is -2.57. The molecule has 1 aromatic heterocycles. The fraction of sp³-hybridized carbons (Fsp3) is 0.368. The molecule has 0 aliphatic rings. The van der Waals surface area contributed by atoms with Crippen LogP contribution in [0.2, 0.25) is 0 Å². The molecule has 1 atom stereocenters. The third kappa shape index (κ3) is 5.75. The normalized spacial score (nSPS) is 12.7. The van der Waals surface area contributed by atoms with Crippen LogP contribution in [0.1, 0.15) is 54.2 Å². The number of halogens is 3. The summed E-state index contributed by atoms with van der Waals surface area (Å²) in [5.74, 6) is 0.105. The number of carbonyl (C=O) groups is 1. The molecule has 0 saturated carbocycles. The van der Waals surface area contributed by atoms with Crippen molar-refractivity contribution in [3.05, 3.63) is 59.4 Å². The molecule has 0 unspecified atom stereocenters. The van der Waals surface area contributed by atoms with Crippen LogP contribution in [0.25, 0.3) is 0 Å². The van der Waals surface area contributed by atoms with Crippen LogP contribution >= 0.6 is 0 Å². The van der Waals surface area contributed by atoms with E-state index in [9.17, 15) is 18.0 Å². The number of aromatic nitrogens is 1. The minimum Gasteiger partial charge on any atom is -0.482 e. The van der Waals surface area contributed by atoms with Gasteiger partial charge >= 0.3 is 6.18 Å². The van der Waals surface area contributed by atoms with Gasteiger partial charge in [0.1, 0.15) is 5.75 Å². The van der Waals surface area contributed by atoms with E-state index in [1.165, 1.54) is 18.5 Å². The van der Waals surface area contributed by atoms with Crippen LogP contribution in [0, 0.1) is 0 Å². The zero-order valence-electron chi connectivity index (χ0n) is 14.8. The van der Waals surface area contributed by atoms with Gasteiger partial charge in [0.2, 0.25) is 0 Å². The van der Waals surface area contributed by atoms with Crippen LogP contribution in [0.5, 0.6) is 5.75 Å². The number of nitrogens with one attached hydrogen (secondary N) is 1. The highest BCUT2D eigenvalue weighted by Gasteiger charge is 2.28. The molecular weight excluding hydrogens is 345 g/mol. The van der Waals surface area contributed by atoms with E-state index in [-0.39, 0.29) is 11.7 Å². The maximum absolute atomic E-state index is 12.3. The molecule has 26 heavy (non-hydrogen) atoms. The number of rotatable bonds is 6. The van der Waals surface area contributed by atoms with Crippen molar-refractivity contribution in [2.45, 2.75) is 38.9 Å². The molecule has 0 aliphatic carbocycles. The first-order chi connectivity index (χ1) is 12.2. The Morgan fingerprint density at radius 2 is 1.77 bits per heavy atom. The summed E-state index contributed by atoms with van der Waals surface area (Å²) in [6.07, 6.45) is -1.74. The highest BCUT2D eigenvalue weighted by molar-refractivity contribution is 5.94. The lowest BCUT2D eigenvalue weighted by Gasteiger charge is -2.16. The number of pyridine rings is 1. The number of hydrogen-bond donors (Lipinski definition) is 1. The van der Waals surface area contributed by atoms with Crippen molar-refractivity contribution >= 4 is 5.91 Å². The fourth-order valence-electron chi connectivity index (χ4n) is 2.30. The van der Waals surface area contributed by atoms with E-state index in [1.54, 1.807) is 19.1 Å². The van der Waals surface area contributed by atoms with Crippen LogP contribution < -0.4 is 10.1 Å². The fourth-order valence-corrected chi connectivity index (χ4v) is 2.30. The van der Waals surface area contributed by atoms with Gasteiger partial charge in [-0.15, -0.1) is 0 Å². The predicted molar refractivity (Wildman–Crippen MR) is 92.2 cm³/mol. The van der Waals surface area contributed by atoms with Gasteiger partial charge in [-0.1, -0.05) is 26.0 Å². The second-order valence-corrected chi connectivity index (χ2v) is 6.33. The molecule has 0 fully saturated rings. The van der Waals surface area contributed by atoms with E-state index in [2.05, 4.69) is 28.9 Å². The summed E-state index contributed by atoms with van der Waals surface area (Å²) in [4.78, 5) is 16.2. The van der Waals surface area contributed by atoms with Crippen molar-refractivity contribution in [1.82, 2.24) is 10.3 Å². The van der Waals surface area contributed by atoms with Crippen LogP contribution in [-0.2, 0) is 0 Å². The van der Waals surface area contributed by atoms with Crippen LogP contribution in [0.15, 0.2) is 42.7 Å². The third-order valence-electron chi connectivity index (χ3n) is 3.82. The van der Waals surface area contributed by atoms with Crippen LogP contribution in [-0.4, -0.2) is 23.7 Å². The second kappa shape index (κ2) is 8.21. The molecule has 4 nitrogen and oxygen atoms in total. The Balaban J connectivity index is 2.02. The zero-order chi connectivity index (χ0) is 19.3. The zero-order valence-corrected chi connectivity index (χ0v) is 14.8. The van der Waals surface area contributed by atoms with Gasteiger partial charge in [0, 0.05) is 11.8 Å². The summed E-state index contributed by atoms with van der Waals surface area (Å²) in [6.45, 7) is 4.47. The minimum atomic E-state index is -4.42. The van der Waals surface area contributed by atoms with Gasteiger partial charge < -0.3 is 10.1 Å². The summed E-state index contributed by atoms with van der Waals surface area (Å²) in [5, 5.41) is 2.80. The number of hydrogen-bond acceptors (Lipinski definition) is 3. The highest BCUT2D eigenvalue weighted by Crippen LogP contribution is 2.21. The number of benzene rings is 1. The van der Waals surface area contributed by atoms with E-state index in [1.807, 2.05) is 12.1 Å². The Bertz CT molecular complexity index is 743. The average Bonchev–Trinajstić information content (AvgIpc) is 2.59. The standard InChI is InChI=1S/C19H21F3N2O2/c1-12(2)14-4-6-15(7-5-14)18(25)24-13(3)16-8-17(10-23-9-16)26-11-19(20,21)22/h4-10,12-13H,11H2,1-3H3,(H,24,25)/t13-/m1/s1. The highest BCUT2D eigenvalue weighted by atomic mass is 19.4. The van der Waals surface area contributed by atoms with E-state index < -0.39 is 18.8 Å². The number of amides is 1. The smallest absolute Gasteiger partial charge is 0.422 e. The summed E-state index contributed by atoms with van der Waals surface area (Å²) >= 11 is 0. The van der Waals surface area contributed by atoms with Crippen LogP contribution in [0.3, 0.4) is 0 Å². The molecule has 0 spiro atoms. The van der Waals surface area contributed by atoms with Gasteiger partial charge in [-0.25, -0.2) is 0 Å². The van der Waals surface area contributed by atoms with Crippen molar-refractivity contribution in [2.24, 2.45) is 0 Å². The SMILES string of the molecule is CC(C)c1ccc(C(=O)N[C@H](C)c2cncc(OCC(F)(F)F)c2)cc1. The van der Waals surface area contributed by atoms with Gasteiger partial charge in [0.05, 0.1) is 12.2 Å². The molecule has 0 bridgehead atoms. The van der Waals surface area contributed by atoms with Gasteiger partial charge in [0.25, 0.3) is 5.91 Å². The summed E-state index contributed by atoms with van der Waals surface area (Å²) in [7, 11) is 0. The van der Waals surface area contributed by atoms with E-state index >= 15 is 0 Å². The largest absolute Gasteiger partial charge is 0.482 e. The van der Waals surface area contributed by atoms with Gasteiger partial charge in [-0.2, -0.15) is 13.2 Å². The molecule has 0 saturated heterocycles. The monoisotopic (exact) mass is 366 g/mol. The molecule has 7 heteroatoms. The van der Waals surface area contributed by atoms with Crippen molar-refractivity contribution in [3.63, 3.8) is 0 Å². The number of alkyl halides is 3. The van der Waals surface area contributed by atoms with E-state index in [0.29, 0.717) is 17.0 Å². The maximum atomic E-state index is 12.3. The van der Waals surface area contributed by atoms with Gasteiger partial charge in [-0.05, 0) is 42.2 Å². The van der Waals surface area contributed by atoms with E-state index in [4.69, 9.17) is 0 Å². The molecule has 140 valence electrons. The van der Waals surface area contributed by atoms with Crippen molar-refractivity contribution in [1.29, 1.82) is 0 Å². The minimum absolute atomic E-state index is 0.00205. The van der Waals surface area contributed by atoms with Gasteiger partial charge in [0.15, 0.2) is 6.61 Å². The lowest BCUT2D eigenvalue weighted by molar-refractivity contribution is -0.153. The molecule has 0 aliphatic heterocycles. The molecule has 1 amide bonds. The maximum Gasteiger partial charge on any atom is 0.422 e. The second-order valence-electron chi connectivity index (χ2n) is 6.33. The van der Waals surface area contributed by atoms with Gasteiger partial charge in [-0.3, -0.25) is 9.78 Å². The Morgan fingerprint density at radius 1 is 1.12 bits per heavy atom. The number of nitrogens with zero attached hydrogens (tertiary/aromatic N) is 1. The Morgan fingerprint density at radius 3 is 2.35 bits per heavy atom. The van der Waals surface area contributed by atoms with Crippen molar-refractivity contribution in [2.75, 3.05) is 6.61 Å². The summed E-state index contributed by atoms with van der Waals surface area (Å²) in [5.41, 5.74) is 2.20. The first kappa shape index (κ1) is 19.8.